The van der Waals surface area contributed by atoms with Gasteiger partial charge in [-0.1, -0.05) is 36.4 Å². The molecule has 0 aliphatic carbocycles. The first-order valence-corrected chi connectivity index (χ1v) is 8.73. The summed E-state index contributed by atoms with van der Waals surface area (Å²) in [5, 5.41) is 0. The molecule has 108 valence electrons. The molecule has 2 rings (SSSR count). The van der Waals surface area contributed by atoms with Gasteiger partial charge in [0.15, 0.2) is 0 Å². The van der Waals surface area contributed by atoms with Crippen molar-refractivity contribution in [1.82, 2.24) is 0 Å². The molecule has 9 heteroatoms. The van der Waals surface area contributed by atoms with Crippen LogP contribution in [0.5, 0.6) is 11.5 Å². The van der Waals surface area contributed by atoms with E-state index in [1.54, 1.807) is 12.1 Å². The van der Waals surface area contributed by atoms with Crippen LogP contribution in [-0.2, 0) is 18.3 Å². The summed E-state index contributed by atoms with van der Waals surface area (Å²) in [4.78, 5) is 0. The fourth-order valence-corrected chi connectivity index (χ4v) is 3.10. The Morgan fingerprint density at radius 1 is 0.571 bits per heavy atom. The molecule has 0 spiro atoms. The molecule has 0 atom stereocenters. The monoisotopic (exact) mass is 338 g/mol. The number of hydrogen-bond donors (Lipinski definition) is 0. The molecule has 0 N–H and O–H groups in total. The van der Waals surface area contributed by atoms with Crippen molar-refractivity contribution < 1.29 is 25.2 Å². The first-order valence-electron chi connectivity index (χ1n) is 5.40. The molecule has 0 heterocycles. The van der Waals surface area contributed by atoms with E-state index in [1.165, 1.54) is 48.5 Å². The van der Waals surface area contributed by atoms with Gasteiger partial charge in [-0.05, 0) is 24.3 Å². The summed E-state index contributed by atoms with van der Waals surface area (Å²) in [5.41, 5.74) is 0. The summed E-state index contributed by atoms with van der Waals surface area (Å²) in [5.74, 6) is -0.236. The first-order chi connectivity index (χ1) is 9.41. The van der Waals surface area contributed by atoms with Crippen LogP contribution in [0.15, 0.2) is 60.7 Å². The Kier molecular flexibility index (Phi) is 6.24. The molecular weight excluding hydrogens is 327 g/mol. The zero-order valence-corrected chi connectivity index (χ0v) is 11.7. The Hall–Kier alpha value is -1.06. The van der Waals surface area contributed by atoms with E-state index >= 15 is 0 Å². The zero-order chi connectivity index (χ0) is 14.6. The Balaban J connectivity index is 0.00000220. The van der Waals surface area contributed by atoms with Crippen molar-refractivity contribution in [3.05, 3.63) is 60.7 Å². The van der Waals surface area contributed by atoms with Gasteiger partial charge in [0.05, 0.1) is 0 Å². The van der Waals surface area contributed by atoms with Crippen molar-refractivity contribution >= 4 is 47.9 Å². The van der Waals surface area contributed by atoms with Gasteiger partial charge in [-0.2, -0.15) is 16.8 Å². The first kappa shape index (κ1) is 18.0. The van der Waals surface area contributed by atoms with Crippen LogP contribution in [0.25, 0.3) is 0 Å². The van der Waals surface area contributed by atoms with Gasteiger partial charge < -0.3 is 8.37 Å². The van der Waals surface area contributed by atoms with Gasteiger partial charge in [-0.25, -0.2) is 0 Å². The van der Waals surface area contributed by atoms with Gasteiger partial charge in [0, 0.05) is 0 Å². The number of hydrogen-bond acceptors (Lipinski definition) is 6. The van der Waals surface area contributed by atoms with Crippen LogP contribution < -0.4 is 8.37 Å². The molecule has 0 aliphatic heterocycles. The van der Waals surface area contributed by atoms with Gasteiger partial charge in [-0.3, -0.25) is 0 Å². The van der Waals surface area contributed by atoms with Crippen LogP contribution >= 0.6 is 0 Å². The normalized spacial score (nSPS) is 11.2. The molecule has 21 heavy (non-hydrogen) atoms. The van der Waals surface area contributed by atoms with Crippen molar-refractivity contribution in [2.45, 2.75) is 0 Å². The molecule has 0 unspecified atom stereocenters. The second-order valence-electron chi connectivity index (χ2n) is 3.61. The zero-order valence-electron chi connectivity index (χ0n) is 10.0. The molecule has 0 aliphatic rings. The second-order valence-corrected chi connectivity index (χ2v) is 8.03. The Morgan fingerprint density at radius 3 is 1.14 bits per heavy atom. The quantitative estimate of drug-likeness (QED) is 0.599. The molecule has 0 amide bonds. The van der Waals surface area contributed by atoms with Crippen LogP contribution in [0.3, 0.4) is 0 Å². The number of rotatable bonds is 5. The minimum absolute atomic E-state index is 0. The van der Waals surface area contributed by atoms with E-state index in [0.717, 1.165) is 0 Å². The Labute approximate surface area is 144 Å². The van der Waals surface area contributed by atoms with Crippen LogP contribution in [0.2, 0.25) is 0 Å². The second kappa shape index (κ2) is 7.28. The average molecular weight is 338 g/mol. The summed E-state index contributed by atoms with van der Waals surface area (Å²) in [7, 11) is -9.92. The topological polar surface area (TPSA) is 86.7 Å². The SMILES string of the molecule is O=S(=O)(Oc1ccccc1)S(=O)(=O)Oc1ccccc1.[NaH]. The molecule has 0 aromatic heterocycles. The molecule has 0 saturated carbocycles. The van der Waals surface area contributed by atoms with Crippen molar-refractivity contribution in [2.24, 2.45) is 0 Å². The predicted molar refractivity (Wildman–Crippen MR) is 79.1 cm³/mol. The van der Waals surface area contributed by atoms with Crippen molar-refractivity contribution in [3.8, 4) is 11.5 Å². The molecule has 0 bridgehead atoms. The predicted octanol–water partition coefficient (Wildman–Crippen LogP) is 1.07. The fraction of sp³-hybridized carbons (Fsp3) is 0. The molecule has 2 aromatic rings. The van der Waals surface area contributed by atoms with Gasteiger partial charge in [0.1, 0.15) is 11.5 Å². The van der Waals surface area contributed by atoms with Crippen LogP contribution in [0.1, 0.15) is 0 Å². The third kappa shape index (κ3) is 4.72. The van der Waals surface area contributed by atoms with Gasteiger partial charge in [0.25, 0.3) is 0 Å². The standard InChI is InChI=1S/C12H10O6S2.Na.H/c13-19(14,17-11-7-3-1-4-8-11)20(15,16)18-12-9-5-2-6-10-12;;/h1-10H;;. The van der Waals surface area contributed by atoms with E-state index < -0.39 is 18.3 Å². The van der Waals surface area contributed by atoms with Crippen molar-refractivity contribution in [1.29, 1.82) is 0 Å². The van der Waals surface area contributed by atoms with Crippen LogP contribution in [0.4, 0.5) is 0 Å². The average Bonchev–Trinajstić information content (AvgIpc) is 2.40. The third-order valence-corrected chi connectivity index (χ3v) is 5.33. The van der Waals surface area contributed by atoms with E-state index in [4.69, 9.17) is 0 Å². The van der Waals surface area contributed by atoms with Crippen LogP contribution in [0, 0.1) is 0 Å². The maximum absolute atomic E-state index is 11.7. The van der Waals surface area contributed by atoms with Crippen molar-refractivity contribution in [2.75, 3.05) is 0 Å². The summed E-state index contributed by atoms with van der Waals surface area (Å²) in [6.07, 6.45) is 0. The van der Waals surface area contributed by atoms with E-state index in [0.29, 0.717) is 0 Å². The van der Waals surface area contributed by atoms with E-state index in [-0.39, 0.29) is 41.1 Å². The number of para-hydroxylation sites is 2. The summed E-state index contributed by atoms with van der Waals surface area (Å²) >= 11 is 0. The summed E-state index contributed by atoms with van der Waals surface area (Å²) in [6.45, 7) is 0. The molecule has 0 radical (unpaired) electrons. The fourth-order valence-electron chi connectivity index (χ4n) is 1.27. The van der Waals surface area contributed by atoms with E-state index in [9.17, 15) is 16.8 Å². The van der Waals surface area contributed by atoms with Gasteiger partial charge >= 0.3 is 47.9 Å². The van der Waals surface area contributed by atoms with Crippen LogP contribution in [-0.4, -0.2) is 46.4 Å². The Bertz CT molecular complexity index is 704. The van der Waals surface area contributed by atoms with Gasteiger partial charge in [-0.15, -0.1) is 0 Å². The summed E-state index contributed by atoms with van der Waals surface area (Å²) in [6, 6.07) is 14.6. The third-order valence-electron chi connectivity index (χ3n) is 2.13. The molecule has 6 nitrogen and oxygen atoms in total. The molecule has 0 saturated heterocycles. The van der Waals surface area contributed by atoms with E-state index in [2.05, 4.69) is 8.37 Å². The minimum atomic E-state index is -4.96. The molecular formula is C12H11NaO6S2. The summed E-state index contributed by atoms with van der Waals surface area (Å²) < 4.78 is 55.8. The Morgan fingerprint density at radius 2 is 0.857 bits per heavy atom. The van der Waals surface area contributed by atoms with E-state index in [1.807, 2.05) is 0 Å². The maximum atomic E-state index is 11.7. The molecule has 2 aromatic carbocycles. The molecule has 0 fully saturated rings. The van der Waals surface area contributed by atoms with Gasteiger partial charge in [0.2, 0.25) is 0 Å². The van der Waals surface area contributed by atoms with Crippen molar-refractivity contribution in [3.63, 3.8) is 0 Å². The number of benzene rings is 2.